The number of nitrogens with two attached hydrogens (primary N) is 1. The van der Waals surface area contributed by atoms with Gasteiger partial charge in [0.1, 0.15) is 6.33 Å². The first-order chi connectivity index (χ1) is 8.72. The van der Waals surface area contributed by atoms with Crippen LogP contribution >= 0.6 is 0 Å². The number of fused-ring (bicyclic) bond motifs is 1. The lowest BCUT2D eigenvalue weighted by molar-refractivity contribution is 0.203. The highest BCUT2D eigenvalue weighted by Crippen LogP contribution is 2.10. The maximum atomic E-state index is 11.8. The largest absolute Gasteiger partial charge is 0.328 e. The summed E-state index contributed by atoms with van der Waals surface area (Å²) in [5.74, 6) is 0.422. The van der Waals surface area contributed by atoms with Gasteiger partial charge in [-0.3, -0.25) is 14.8 Å². The van der Waals surface area contributed by atoms with Crippen LogP contribution in [0, 0.1) is 0 Å². The normalized spacial score (nSPS) is 18.5. The number of nitrogens with one attached hydrogen (secondary N) is 1. The summed E-state index contributed by atoms with van der Waals surface area (Å²) < 4.78 is 1.33. The van der Waals surface area contributed by atoms with E-state index in [2.05, 4.69) is 20.0 Å². The predicted molar refractivity (Wildman–Crippen MR) is 66.1 cm³/mol. The highest BCUT2D eigenvalue weighted by atomic mass is 16.1. The van der Waals surface area contributed by atoms with Gasteiger partial charge in [-0.05, 0) is 12.8 Å². The summed E-state index contributed by atoms with van der Waals surface area (Å²) in [5.41, 5.74) is 6.51. The maximum Gasteiger partial charge on any atom is 0.274 e. The van der Waals surface area contributed by atoms with Crippen molar-refractivity contribution in [1.82, 2.24) is 24.5 Å². The van der Waals surface area contributed by atoms with Crippen molar-refractivity contribution < 1.29 is 0 Å². The fourth-order valence-corrected chi connectivity index (χ4v) is 2.29. The van der Waals surface area contributed by atoms with Crippen molar-refractivity contribution in [1.29, 1.82) is 0 Å². The number of hydrogen-bond donors (Lipinski definition) is 2. The monoisotopic (exact) mass is 248 g/mol. The molecule has 2 aromatic heterocycles. The minimum absolute atomic E-state index is 0.124. The third kappa shape index (κ3) is 2.14. The molecule has 0 saturated carbocycles. The van der Waals surface area contributed by atoms with E-state index in [1.165, 1.54) is 10.8 Å². The highest BCUT2D eigenvalue weighted by molar-refractivity contribution is 5.25. The first-order valence-electron chi connectivity index (χ1n) is 6.12. The molecule has 3 heterocycles. The van der Waals surface area contributed by atoms with E-state index in [0.29, 0.717) is 18.4 Å². The molecule has 96 valence electrons. The van der Waals surface area contributed by atoms with Crippen LogP contribution in [0.3, 0.4) is 0 Å². The average Bonchev–Trinajstić information content (AvgIpc) is 2.81. The lowest BCUT2D eigenvalue weighted by Crippen LogP contribution is -2.39. The summed E-state index contributed by atoms with van der Waals surface area (Å²) in [5, 5.41) is 2.72. The zero-order chi connectivity index (χ0) is 12.5. The van der Waals surface area contributed by atoms with Crippen LogP contribution in [0.1, 0.15) is 18.5 Å². The molecule has 18 heavy (non-hydrogen) atoms. The minimum Gasteiger partial charge on any atom is -0.328 e. The van der Waals surface area contributed by atoms with Crippen LogP contribution in [-0.4, -0.2) is 43.6 Å². The Morgan fingerprint density at radius 3 is 3.00 bits per heavy atom. The molecule has 3 rings (SSSR count). The van der Waals surface area contributed by atoms with E-state index in [4.69, 9.17) is 5.73 Å². The summed E-state index contributed by atoms with van der Waals surface area (Å²) in [6.07, 6.45) is 3.47. The van der Waals surface area contributed by atoms with Crippen LogP contribution in [0.4, 0.5) is 0 Å². The summed E-state index contributed by atoms with van der Waals surface area (Å²) in [7, 11) is 0. The molecule has 7 nitrogen and oxygen atoms in total. The number of piperidine rings is 1. The van der Waals surface area contributed by atoms with E-state index in [-0.39, 0.29) is 5.56 Å². The minimum atomic E-state index is -0.124. The maximum absolute atomic E-state index is 11.8. The van der Waals surface area contributed by atoms with Crippen LogP contribution in [-0.2, 0) is 6.54 Å². The molecule has 0 aliphatic carbocycles. The lowest BCUT2D eigenvalue weighted by Gasteiger charge is -2.29. The number of nitrogens with zero attached hydrogens (tertiary/aromatic N) is 4. The van der Waals surface area contributed by atoms with Crippen molar-refractivity contribution in [3.63, 3.8) is 0 Å². The lowest BCUT2D eigenvalue weighted by atomic mass is 10.1. The zero-order valence-corrected chi connectivity index (χ0v) is 10.0. The van der Waals surface area contributed by atoms with E-state index in [9.17, 15) is 4.79 Å². The topological polar surface area (TPSA) is 92.3 Å². The van der Waals surface area contributed by atoms with Crippen LogP contribution in [0.5, 0.6) is 0 Å². The van der Waals surface area contributed by atoms with Gasteiger partial charge in [-0.2, -0.15) is 4.52 Å². The molecule has 1 saturated heterocycles. The van der Waals surface area contributed by atoms with Gasteiger partial charge >= 0.3 is 0 Å². The molecule has 0 amide bonds. The number of aromatic nitrogens is 4. The third-order valence-electron chi connectivity index (χ3n) is 3.34. The second-order valence-electron chi connectivity index (χ2n) is 4.72. The highest BCUT2D eigenvalue weighted by Gasteiger charge is 2.17. The molecule has 1 aliphatic rings. The Labute approximate surface area is 104 Å². The zero-order valence-electron chi connectivity index (χ0n) is 10.0. The van der Waals surface area contributed by atoms with Gasteiger partial charge in [0.2, 0.25) is 0 Å². The van der Waals surface area contributed by atoms with E-state index in [1.807, 2.05) is 0 Å². The average molecular weight is 248 g/mol. The van der Waals surface area contributed by atoms with Crippen LogP contribution in [0.2, 0.25) is 0 Å². The Morgan fingerprint density at radius 1 is 1.44 bits per heavy atom. The van der Waals surface area contributed by atoms with E-state index >= 15 is 0 Å². The van der Waals surface area contributed by atoms with Crippen molar-refractivity contribution in [3.05, 3.63) is 28.4 Å². The number of rotatable bonds is 2. The first-order valence-corrected chi connectivity index (χ1v) is 6.12. The van der Waals surface area contributed by atoms with Crippen LogP contribution in [0.15, 0.2) is 17.2 Å². The predicted octanol–water partition coefficient (Wildman–Crippen LogP) is -0.659. The number of hydrogen-bond acceptors (Lipinski definition) is 5. The van der Waals surface area contributed by atoms with Gasteiger partial charge < -0.3 is 5.73 Å². The Bertz CT molecular complexity index is 595. The fraction of sp³-hybridized carbons (Fsp3) is 0.545. The molecule has 1 fully saturated rings. The van der Waals surface area contributed by atoms with E-state index < -0.39 is 0 Å². The smallest absolute Gasteiger partial charge is 0.274 e. The van der Waals surface area contributed by atoms with E-state index in [1.54, 1.807) is 6.07 Å². The molecular formula is C11H16N6O. The van der Waals surface area contributed by atoms with Crippen molar-refractivity contribution in [2.75, 3.05) is 13.1 Å². The number of aromatic amines is 1. The molecule has 0 atom stereocenters. The van der Waals surface area contributed by atoms with Gasteiger partial charge in [-0.1, -0.05) is 0 Å². The summed E-state index contributed by atoms with van der Waals surface area (Å²) in [6, 6.07) is 1.87. The standard InChI is InChI=1S/C11H16N6O/c12-8-1-3-16(4-2-8)6-9-5-10(18)17-11(15-9)13-7-14-17/h5,7-8H,1-4,6,12H2,(H,13,14,15). The first kappa shape index (κ1) is 11.4. The van der Waals surface area contributed by atoms with Crippen molar-refractivity contribution in [3.8, 4) is 0 Å². The summed E-state index contributed by atoms with van der Waals surface area (Å²) in [4.78, 5) is 22.4. The molecular weight excluding hydrogens is 232 g/mol. The van der Waals surface area contributed by atoms with Gasteiger partial charge in [0, 0.05) is 31.7 Å². The molecule has 0 bridgehead atoms. The van der Waals surface area contributed by atoms with Gasteiger partial charge in [0.15, 0.2) is 0 Å². The second kappa shape index (κ2) is 4.51. The number of H-pyrrole nitrogens is 1. The second-order valence-corrected chi connectivity index (χ2v) is 4.72. The van der Waals surface area contributed by atoms with Gasteiger partial charge in [0.05, 0.1) is 5.69 Å². The Kier molecular flexibility index (Phi) is 2.85. The van der Waals surface area contributed by atoms with Crippen LogP contribution in [0.25, 0.3) is 5.78 Å². The molecule has 0 aromatic carbocycles. The Morgan fingerprint density at radius 2 is 2.22 bits per heavy atom. The number of likely N-dealkylation sites (tertiary alicyclic amines) is 1. The van der Waals surface area contributed by atoms with Crippen molar-refractivity contribution in [2.45, 2.75) is 25.4 Å². The quantitative estimate of drug-likeness (QED) is 0.736. The molecule has 3 N–H and O–H groups in total. The molecule has 0 unspecified atom stereocenters. The third-order valence-corrected chi connectivity index (χ3v) is 3.34. The summed E-state index contributed by atoms with van der Waals surface area (Å²) >= 11 is 0. The van der Waals surface area contributed by atoms with Gasteiger partial charge in [0.25, 0.3) is 11.3 Å². The molecule has 0 radical (unpaired) electrons. The SMILES string of the molecule is NC1CCN(Cc2cc(=O)n3[nH]cnc3n2)CC1. The van der Waals surface area contributed by atoms with Gasteiger partial charge in [-0.25, -0.2) is 9.97 Å². The Balaban J connectivity index is 1.80. The molecule has 0 spiro atoms. The van der Waals surface area contributed by atoms with Crippen molar-refractivity contribution in [2.24, 2.45) is 5.73 Å². The van der Waals surface area contributed by atoms with Crippen molar-refractivity contribution >= 4 is 5.78 Å². The van der Waals surface area contributed by atoms with E-state index in [0.717, 1.165) is 31.6 Å². The Hall–Kier alpha value is -1.73. The molecule has 1 aliphatic heterocycles. The molecule has 7 heteroatoms. The van der Waals surface area contributed by atoms with Gasteiger partial charge in [-0.15, -0.1) is 0 Å². The van der Waals surface area contributed by atoms with Crippen LogP contribution < -0.4 is 11.3 Å². The summed E-state index contributed by atoms with van der Waals surface area (Å²) in [6.45, 7) is 2.61. The fourth-order valence-electron chi connectivity index (χ4n) is 2.29. The molecule has 2 aromatic rings.